The summed E-state index contributed by atoms with van der Waals surface area (Å²) in [5, 5.41) is 11.8. The van der Waals surface area contributed by atoms with Crippen LogP contribution < -0.4 is 5.32 Å². The molecule has 3 nitrogen and oxygen atoms in total. The van der Waals surface area contributed by atoms with Crippen molar-refractivity contribution in [1.29, 1.82) is 5.26 Å². The summed E-state index contributed by atoms with van der Waals surface area (Å²) in [5.41, 5.74) is 3.43. The number of nitriles is 1. The Balaban J connectivity index is 1.94. The van der Waals surface area contributed by atoms with Crippen LogP contribution in [0.3, 0.4) is 0 Å². The number of aryl methyl sites for hydroxylation is 2. The summed E-state index contributed by atoms with van der Waals surface area (Å²) in [7, 11) is 0. The molecular weight excluding hydrogens is 224 g/mol. The van der Waals surface area contributed by atoms with Crippen molar-refractivity contribution in [2.45, 2.75) is 39.2 Å². The molecule has 0 radical (unpaired) electrons. The van der Waals surface area contributed by atoms with Crippen LogP contribution in [-0.2, 0) is 11.2 Å². The van der Waals surface area contributed by atoms with E-state index in [1.54, 1.807) is 0 Å². The van der Waals surface area contributed by atoms with E-state index in [0.29, 0.717) is 12.3 Å². The molecule has 94 valence electrons. The maximum atomic E-state index is 11.8. The van der Waals surface area contributed by atoms with Gasteiger partial charge in [-0.25, -0.2) is 0 Å². The third-order valence-corrected chi connectivity index (χ3v) is 3.48. The van der Waals surface area contributed by atoms with E-state index in [2.05, 4.69) is 18.3 Å². The molecule has 1 fully saturated rings. The van der Waals surface area contributed by atoms with Gasteiger partial charge in [-0.05, 0) is 49.3 Å². The Morgan fingerprint density at radius 2 is 2.17 bits per heavy atom. The van der Waals surface area contributed by atoms with Gasteiger partial charge >= 0.3 is 0 Å². The van der Waals surface area contributed by atoms with E-state index in [1.165, 1.54) is 11.1 Å². The van der Waals surface area contributed by atoms with E-state index in [4.69, 9.17) is 5.26 Å². The summed E-state index contributed by atoms with van der Waals surface area (Å²) < 4.78 is 0. The van der Waals surface area contributed by atoms with E-state index in [0.717, 1.165) is 18.4 Å². The SMILES string of the molecule is Cc1ccc(CC(=O)NC(C#N)C2CC2)cc1C. The molecule has 18 heavy (non-hydrogen) atoms. The minimum atomic E-state index is -0.302. The van der Waals surface area contributed by atoms with E-state index in [-0.39, 0.29) is 11.9 Å². The van der Waals surface area contributed by atoms with Gasteiger partial charge in [0.2, 0.25) is 5.91 Å². The normalized spacial score (nSPS) is 15.8. The van der Waals surface area contributed by atoms with Gasteiger partial charge in [0.25, 0.3) is 0 Å². The largest absolute Gasteiger partial charge is 0.340 e. The van der Waals surface area contributed by atoms with Crippen molar-refractivity contribution < 1.29 is 4.79 Å². The van der Waals surface area contributed by atoms with Crippen LogP contribution in [0.4, 0.5) is 0 Å². The van der Waals surface area contributed by atoms with Gasteiger partial charge in [-0.15, -0.1) is 0 Å². The van der Waals surface area contributed by atoms with E-state index >= 15 is 0 Å². The lowest BCUT2D eigenvalue weighted by Crippen LogP contribution is -2.36. The van der Waals surface area contributed by atoms with E-state index in [1.807, 2.05) is 25.1 Å². The van der Waals surface area contributed by atoms with Crippen LogP contribution in [0, 0.1) is 31.1 Å². The van der Waals surface area contributed by atoms with Crippen molar-refractivity contribution in [3.63, 3.8) is 0 Å². The Bertz CT molecular complexity index is 498. The summed E-state index contributed by atoms with van der Waals surface area (Å²) in [6.07, 6.45) is 2.47. The summed E-state index contributed by atoms with van der Waals surface area (Å²) in [6.45, 7) is 4.09. The van der Waals surface area contributed by atoms with Gasteiger partial charge in [-0.2, -0.15) is 5.26 Å². The van der Waals surface area contributed by atoms with Crippen molar-refractivity contribution in [1.82, 2.24) is 5.32 Å². The second-order valence-electron chi connectivity index (χ2n) is 5.11. The van der Waals surface area contributed by atoms with Gasteiger partial charge < -0.3 is 5.32 Å². The lowest BCUT2D eigenvalue weighted by atomic mass is 10.0. The highest BCUT2D eigenvalue weighted by atomic mass is 16.1. The lowest BCUT2D eigenvalue weighted by Gasteiger charge is -2.11. The van der Waals surface area contributed by atoms with Crippen molar-refractivity contribution in [2.24, 2.45) is 5.92 Å². The monoisotopic (exact) mass is 242 g/mol. The third kappa shape index (κ3) is 3.10. The number of hydrogen-bond donors (Lipinski definition) is 1. The number of nitrogens with zero attached hydrogens (tertiary/aromatic N) is 1. The molecule has 1 saturated carbocycles. The van der Waals surface area contributed by atoms with Crippen LogP contribution in [-0.4, -0.2) is 11.9 Å². The number of rotatable bonds is 4. The zero-order valence-electron chi connectivity index (χ0n) is 10.9. The predicted molar refractivity (Wildman–Crippen MR) is 69.9 cm³/mol. The fourth-order valence-corrected chi connectivity index (χ4v) is 2.01. The average molecular weight is 242 g/mol. The first-order chi connectivity index (χ1) is 8.60. The fourth-order valence-electron chi connectivity index (χ4n) is 2.01. The van der Waals surface area contributed by atoms with E-state index in [9.17, 15) is 4.79 Å². The molecule has 1 aromatic rings. The Labute approximate surface area is 108 Å². The number of amides is 1. The summed E-state index contributed by atoms with van der Waals surface area (Å²) >= 11 is 0. The van der Waals surface area contributed by atoms with Gasteiger partial charge in [-0.1, -0.05) is 18.2 Å². The number of nitrogens with one attached hydrogen (secondary N) is 1. The topological polar surface area (TPSA) is 52.9 Å². The Kier molecular flexibility index (Phi) is 3.66. The smallest absolute Gasteiger partial charge is 0.225 e. The van der Waals surface area contributed by atoms with Crippen molar-refractivity contribution in [2.75, 3.05) is 0 Å². The zero-order valence-corrected chi connectivity index (χ0v) is 10.9. The second kappa shape index (κ2) is 5.22. The Morgan fingerprint density at radius 3 is 2.72 bits per heavy atom. The molecule has 0 aromatic heterocycles. The highest BCUT2D eigenvalue weighted by Crippen LogP contribution is 2.32. The molecule has 1 unspecified atom stereocenters. The van der Waals surface area contributed by atoms with Crippen molar-refractivity contribution >= 4 is 5.91 Å². The van der Waals surface area contributed by atoms with Gasteiger partial charge in [0.1, 0.15) is 6.04 Å². The molecule has 0 heterocycles. The highest BCUT2D eigenvalue weighted by molar-refractivity contribution is 5.79. The van der Waals surface area contributed by atoms with Crippen LogP contribution in [0.5, 0.6) is 0 Å². The van der Waals surface area contributed by atoms with E-state index < -0.39 is 0 Å². The maximum absolute atomic E-state index is 11.8. The molecule has 0 saturated heterocycles. The summed E-state index contributed by atoms with van der Waals surface area (Å²) in [4.78, 5) is 11.8. The lowest BCUT2D eigenvalue weighted by molar-refractivity contribution is -0.120. The molecule has 1 N–H and O–H groups in total. The molecule has 1 atom stereocenters. The first-order valence-electron chi connectivity index (χ1n) is 6.35. The molecule has 0 aliphatic heterocycles. The van der Waals surface area contributed by atoms with Crippen LogP contribution >= 0.6 is 0 Å². The van der Waals surface area contributed by atoms with Crippen molar-refractivity contribution in [3.05, 3.63) is 34.9 Å². The molecule has 1 aromatic carbocycles. The molecule has 0 bridgehead atoms. The maximum Gasteiger partial charge on any atom is 0.225 e. The van der Waals surface area contributed by atoms with Gasteiger partial charge in [0.15, 0.2) is 0 Å². The standard InChI is InChI=1S/C15H18N2O/c1-10-3-4-12(7-11(10)2)8-15(18)17-14(9-16)13-5-6-13/h3-4,7,13-14H,5-6,8H2,1-2H3,(H,17,18). The van der Waals surface area contributed by atoms with Crippen LogP contribution in [0.2, 0.25) is 0 Å². The molecule has 1 aliphatic carbocycles. The molecule has 2 rings (SSSR count). The highest BCUT2D eigenvalue weighted by Gasteiger charge is 2.32. The molecular formula is C15H18N2O. The average Bonchev–Trinajstić information content (AvgIpc) is 3.15. The number of benzene rings is 1. The Hall–Kier alpha value is -1.82. The molecule has 1 aliphatic rings. The first kappa shape index (κ1) is 12.6. The summed E-state index contributed by atoms with van der Waals surface area (Å²) in [5.74, 6) is 0.315. The third-order valence-electron chi connectivity index (χ3n) is 3.48. The fraction of sp³-hybridized carbons (Fsp3) is 0.467. The summed E-state index contributed by atoms with van der Waals surface area (Å²) in [6, 6.07) is 7.90. The minimum absolute atomic E-state index is 0.0586. The number of carbonyl (C=O) groups excluding carboxylic acids is 1. The van der Waals surface area contributed by atoms with Crippen LogP contribution in [0.1, 0.15) is 29.5 Å². The number of carbonyl (C=O) groups is 1. The first-order valence-corrected chi connectivity index (χ1v) is 6.35. The number of hydrogen-bond acceptors (Lipinski definition) is 2. The van der Waals surface area contributed by atoms with Gasteiger partial charge in [0, 0.05) is 0 Å². The van der Waals surface area contributed by atoms with Crippen molar-refractivity contribution in [3.8, 4) is 6.07 Å². The molecule has 1 amide bonds. The minimum Gasteiger partial charge on any atom is -0.340 e. The van der Waals surface area contributed by atoms with Gasteiger partial charge in [0.05, 0.1) is 12.5 Å². The predicted octanol–water partition coefficient (Wildman–Crippen LogP) is 2.26. The zero-order chi connectivity index (χ0) is 13.1. The second-order valence-corrected chi connectivity index (χ2v) is 5.11. The van der Waals surface area contributed by atoms with Crippen LogP contribution in [0.25, 0.3) is 0 Å². The van der Waals surface area contributed by atoms with Crippen LogP contribution in [0.15, 0.2) is 18.2 Å². The van der Waals surface area contributed by atoms with Gasteiger partial charge in [-0.3, -0.25) is 4.79 Å². The Morgan fingerprint density at radius 1 is 1.44 bits per heavy atom. The quantitative estimate of drug-likeness (QED) is 0.880. The molecule has 3 heteroatoms. The molecule has 0 spiro atoms.